The maximum absolute atomic E-state index is 11.9. The molecule has 23 heavy (non-hydrogen) atoms. The molecule has 1 amide bonds. The number of nitrogens with zero attached hydrogens (tertiary/aromatic N) is 2. The molecule has 2 rings (SSSR count). The van der Waals surface area contributed by atoms with E-state index in [0.717, 1.165) is 14.8 Å². The van der Waals surface area contributed by atoms with E-state index >= 15 is 0 Å². The topological polar surface area (TPSA) is 73.1 Å². The molecule has 8 heteroatoms. The lowest BCUT2D eigenvalue weighted by Gasteiger charge is -2.03. The van der Waals surface area contributed by atoms with Gasteiger partial charge in [-0.2, -0.15) is 0 Å². The average molecular weight is 398 g/mol. The first-order valence-electron chi connectivity index (χ1n) is 6.85. The smallest absolute Gasteiger partial charge is 0.330 e. The van der Waals surface area contributed by atoms with E-state index in [1.807, 2.05) is 12.1 Å². The molecule has 0 radical (unpaired) electrons. The summed E-state index contributed by atoms with van der Waals surface area (Å²) >= 11 is 5.02. The Morgan fingerprint density at radius 2 is 2.09 bits per heavy atom. The second kappa shape index (κ2) is 7.56. The summed E-state index contributed by atoms with van der Waals surface area (Å²) in [5.41, 5.74) is -0.550. The minimum atomic E-state index is -0.430. The monoisotopic (exact) mass is 397 g/mol. The first-order valence-corrected chi connectivity index (χ1v) is 8.46. The summed E-state index contributed by atoms with van der Waals surface area (Å²) in [6.07, 6.45) is 4.87. The number of carbonyl (C=O) groups excluding carboxylic acids is 1. The molecule has 0 aliphatic heterocycles. The highest BCUT2D eigenvalue weighted by molar-refractivity contribution is 9.11. The van der Waals surface area contributed by atoms with E-state index < -0.39 is 11.2 Å². The third-order valence-corrected chi connectivity index (χ3v) is 4.87. The number of rotatable bonds is 5. The Labute approximate surface area is 145 Å². The molecule has 0 aliphatic carbocycles. The van der Waals surface area contributed by atoms with Crippen LogP contribution in [0.1, 0.15) is 10.4 Å². The van der Waals surface area contributed by atoms with Crippen LogP contribution in [0.4, 0.5) is 0 Å². The third-order valence-electron chi connectivity index (χ3n) is 3.19. The molecular weight excluding hydrogens is 382 g/mol. The fraction of sp³-hybridized carbons (Fsp3) is 0.267. The Bertz CT molecular complexity index is 864. The minimum absolute atomic E-state index is 0.281. The molecule has 122 valence electrons. The van der Waals surface area contributed by atoms with Crippen molar-refractivity contribution < 1.29 is 4.79 Å². The zero-order valence-electron chi connectivity index (χ0n) is 12.7. The number of amides is 1. The highest BCUT2D eigenvalue weighted by Gasteiger charge is 2.05. The molecule has 2 heterocycles. The summed E-state index contributed by atoms with van der Waals surface area (Å²) in [6, 6.07) is 3.97. The molecule has 0 unspecified atom stereocenters. The van der Waals surface area contributed by atoms with Crippen molar-refractivity contribution in [2.75, 3.05) is 6.54 Å². The molecule has 0 fully saturated rings. The number of aromatic nitrogens is 2. The van der Waals surface area contributed by atoms with Gasteiger partial charge in [0.15, 0.2) is 0 Å². The Balaban J connectivity index is 1.96. The summed E-state index contributed by atoms with van der Waals surface area (Å²) in [5.74, 6) is -0.281. The van der Waals surface area contributed by atoms with Crippen molar-refractivity contribution in [1.29, 1.82) is 0 Å². The fourth-order valence-electron chi connectivity index (χ4n) is 1.97. The van der Waals surface area contributed by atoms with E-state index in [-0.39, 0.29) is 11.5 Å². The van der Waals surface area contributed by atoms with Gasteiger partial charge >= 0.3 is 5.69 Å². The molecule has 0 saturated heterocycles. The number of carbonyl (C=O) groups is 1. The van der Waals surface area contributed by atoms with Gasteiger partial charge in [-0.15, -0.1) is 11.3 Å². The average Bonchev–Trinajstić information content (AvgIpc) is 2.93. The Kier molecular flexibility index (Phi) is 5.73. The van der Waals surface area contributed by atoms with Crippen LogP contribution in [0.3, 0.4) is 0 Å². The zero-order chi connectivity index (χ0) is 17.0. The van der Waals surface area contributed by atoms with Gasteiger partial charge in [-0.1, -0.05) is 0 Å². The zero-order valence-corrected chi connectivity index (χ0v) is 15.1. The SMILES string of the molecule is Cn1cc(/C=C/C(=O)NCCc2ccc(Br)s2)c(=O)n(C)c1=O. The van der Waals surface area contributed by atoms with E-state index in [1.54, 1.807) is 18.4 Å². The van der Waals surface area contributed by atoms with Crippen LogP contribution in [0.25, 0.3) is 6.08 Å². The van der Waals surface area contributed by atoms with Crippen LogP contribution in [-0.2, 0) is 25.3 Å². The van der Waals surface area contributed by atoms with Gasteiger partial charge in [-0.25, -0.2) is 4.79 Å². The van der Waals surface area contributed by atoms with Crippen molar-refractivity contribution >= 4 is 39.2 Å². The number of hydrogen-bond donors (Lipinski definition) is 1. The molecular formula is C15H16BrN3O3S. The van der Waals surface area contributed by atoms with Gasteiger partial charge in [0.1, 0.15) is 0 Å². The van der Waals surface area contributed by atoms with Crippen LogP contribution in [0, 0.1) is 0 Å². The van der Waals surface area contributed by atoms with Gasteiger partial charge in [-0.3, -0.25) is 14.2 Å². The van der Waals surface area contributed by atoms with E-state index in [0.29, 0.717) is 6.54 Å². The van der Waals surface area contributed by atoms with Crippen LogP contribution in [0.5, 0.6) is 0 Å². The van der Waals surface area contributed by atoms with E-state index in [1.165, 1.54) is 34.8 Å². The lowest BCUT2D eigenvalue weighted by molar-refractivity contribution is -0.116. The molecule has 0 bridgehead atoms. The molecule has 2 aromatic rings. The van der Waals surface area contributed by atoms with Gasteiger partial charge < -0.3 is 9.88 Å². The van der Waals surface area contributed by atoms with Gasteiger partial charge in [-0.05, 0) is 40.6 Å². The highest BCUT2D eigenvalue weighted by Crippen LogP contribution is 2.21. The molecule has 0 spiro atoms. The quantitative estimate of drug-likeness (QED) is 0.772. The first-order chi connectivity index (χ1) is 10.9. The van der Waals surface area contributed by atoms with Crippen LogP contribution in [0.15, 0.2) is 37.8 Å². The lowest BCUT2D eigenvalue weighted by Crippen LogP contribution is -2.37. The van der Waals surface area contributed by atoms with Crippen LogP contribution in [0.2, 0.25) is 0 Å². The Hall–Kier alpha value is -1.93. The first kappa shape index (κ1) is 17.4. The van der Waals surface area contributed by atoms with Crippen LogP contribution in [-0.4, -0.2) is 21.6 Å². The number of aryl methyl sites for hydroxylation is 1. The predicted molar refractivity (Wildman–Crippen MR) is 94.7 cm³/mol. The summed E-state index contributed by atoms with van der Waals surface area (Å²) in [4.78, 5) is 36.4. The fourth-order valence-corrected chi connectivity index (χ4v) is 3.45. The molecule has 6 nitrogen and oxygen atoms in total. The maximum Gasteiger partial charge on any atom is 0.330 e. The third kappa shape index (κ3) is 4.52. The normalized spacial score (nSPS) is 11.1. The summed E-state index contributed by atoms with van der Waals surface area (Å²) in [7, 11) is 2.96. The van der Waals surface area contributed by atoms with Gasteiger partial charge in [0.2, 0.25) is 5.91 Å². The van der Waals surface area contributed by atoms with Crippen LogP contribution >= 0.6 is 27.3 Å². The molecule has 0 atom stereocenters. The summed E-state index contributed by atoms with van der Waals surface area (Å²) in [5, 5.41) is 2.76. The summed E-state index contributed by atoms with van der Waals surface area (Å²) < 4.78 is 3.36. The second-order valence-electron chi connectivity index (χ2n) is 4.92. The van der Waals surface area contributed by atoms with Gasteiger partial charge in [0.25, 0.3) is 5.56 Å². The van der Waals surface area contributed by atoms with E-state index in [2.05, 4.69) is 21.2 Å². The van der Waals surface area contributed by atoms with Crippen LogP contribution < -0.4 is 16.6 Å². The van der Waals surface area contributed by atoms with Gasteiger partial charge in [0, 0.05) is 37.8 Å². The highest BCUT2D eigenvalue weighted by atomic mass is 79.9. The van der Waals surface area contributed by atoms with E-state index in [4.69, 9.17) is 0 Å². The number of thiophene rings is 1. The molecule has 0 aromatic carbocycles. The predicted octanol–water partition coefficient (Wildman–Crippen LogP) is 1.28. The number of nitrogens with one attached hydrogen (secondary N) is 1. The minimum Gasteiger partial charge on any atom is -0.352 e. The maximum atomic E-state index is 11.9. The van der Waals surface area contributed by atoms with Crippen molar-refractivity contribution in [3.63, 3.8) is 0 Å². The lowest BCUT2D eigenvalue weighted by atomic mass is 10.3. The Morgan fingerprint density at radius 3 is 2.74 bits per heavy atom. The number of halogens is 1. The van der Waals surface area contributed by atoms with Crippen molar-refractivity contribution in [2.45, 2.75) is 6.42 Å². The van der Waals surface area contributed by atoms with E-state index in [9.17, 15) is 14.4 Å². The number of hydrogen-bond acceptors (Lipinski definition) is 4. The van der Waals surface area contributed by atoms with Gasteiger partial charge in [0.05, 0.1) is 9.35 Å². The molecule has 1 N–H and O–H groups in total. The molecule has 2 aromatic heterocycles. The van der Waals surface area contributed by atoms with Crippen molar-refractivity contribution in [1.82, 2.24) is 14.5 Å². The summed E-state index contributed by atoms with van der Waals surface area (Å²) in [6.45, 7) is 0.515. The van der Waals surface area contributed by atoms with Crippen molar-refractivity contribution in [3.05, 3.63) is 59.5 Å². The van der Waals surface area contributed by atoms with Crippen molar-refractivity contribution in [2.24, 2.45) is 14.1 Å². The Morgan fingerprint density at radius 1 is 1.35 bits per heavy atom. The molecule has 0 saturated carbocycles. The molecule has 0 aliphatic rings. The largest absolute Gasteiger partial charge is 0.352 e. The second-order valence-corrected chi connectivity index (χ2v) is 7.47. The van der Waals surface area contributed by atoms with Crippen molar-refractivity contribution in [3.8, 4) is 0 Å². The standard InChI is InChI=1S/C15H16BrN3O3S/c1-18-9-10(14(21)19(2)15(18)22)3-6-13(20)17-8-7-11-4-5-12(16)23-11/h3-6,9H,7-8H2,1-2H3,(H,17,20)/b6-3+.